The number of anilines is 1. The van der Waals surface area contributed by atoms with Crippen LogP contribution in [0.15, 0.2) is 30.3 Å². The van der Waals surface area contributed by atoms with E-state index in [4.69, 9.17) is 5.84 Å². The average Bonchev–Trinajstić information content (AvgIpc) is 3.32. The number of fused-ring (bicyclic) bond motifs is 1. The van der Waals surface area contributed by atoms with Crippen LogP contribution < -0.4 is 16.6 Å². The normalized spacial score (nSPS) is 15.7. The summed E-state index contributed by atoms with van der Waals surface area (Å²) in [5, 5.41) is 4.82. The molecule has 3 rings (SSSR count). The van der Waals surface area contributed by atoms with E-state index in [1.807, 2.05) is 36.0 Å². The molecule has 0 unspecified atom stereocenters. The summed E-state index contributed by atoms with van der Waals surface area (Å²) in [6.45, 7) is 0.687. The molecule has 0 saturated heterocycles. The number of carbonyl (C=O) groups is 1. The zero-order valence-corrected chi connectivity index (χ0v) is 12.7. The second kappa shape index (κ2) is 5.54. The van der Waals surface area contributed by atoms with Crippen LogP contribution in [0.3, 0.4) is 0 Å². The fraction of sp³-hybridized carbons (Fsp3) is 0.333. The molecule has 0 spiro atoms. The van der Waals surface area contributed by atoms with Gasteiger partial charge >= 0.3 is 0 Å². The van der Waals surface area contributed by atoms with Gasteiger partial charge in [-0.05, 0) is 30.6 Å². The number of hydrogen-bond donors (Lipinski definition) is 3. The van der Waals surface area contributed by atoms with Gasteiger partial charge in [0.05, 0.1) is 0 Å². The first-order chi connectivity index (χ1) is 10.2. The van der Waals surface area contributed by atoms with E-state index >= 15 is 0 Å². The molecular weight excluding hydrogens is 284 g/mol. The first-order valence-corrected chi connectivity index (χ1v) is 8.10. The fourth-order valence-corrected chi connectivity index (χ4v) is 3.08. The van der Waals surface area contributed by atoms with E-state index in [2.05, 4.69) is 22.0 Å². The number of thioether (sulfide) groups is 1. The highest BCUT2D eigenvalue weighted by atomic mass is 32.2. The highest BCUT2D eigenvalue weighted by Crippen LogP contribution is 2.46. The third-order valence-corrected chi connectivity index (χ3v) is 5.34. The number of carbonyl (C=O) groups excluding carboxylic acids is 1. The number of pyridine rings is 1. The van der Waals surface area contributed by atoms with Crippen molar-refractivity contribution in [3.63, 3.8) is 0 Å². The molecule has 21 heavy (non-hydrogen) atoms. The third kappa shape index (κ3) is 2.82. The summed E-state index contributed by atoms with van der Waals surface area (Å²) in [5.41, 5.74) is 2.95. The Morgan fingerprint density at radius 2 is 2.19 bits per heavy atom. The largest absolute Gasteiger partial charge is 0.349 e. The molecule has 0 aliphatic heterocycles. The van der Waals surface area contributed by atoms with E-state index in [0.29, 0.717) is 18.1 Å². The Balaban J connectivity index is 1.84. The Labute approximate surface area is 127 Å². The van der Waals surface area contributed by atoms with Crippen molar-refractivity contribution in [1.82, 2.24) is 10.3 Å². The lowest BCUT2D eigenvalue weighted by Crippen LogP contribution is -2.32. The van der Waals surface area contributed by atoms with Crippen LogP contribution in [-0.2, 0) is 0 Å². The topological polar surface area (TPSA) is 80.0 Å². The molecular formula is C15H18N4OS. The second-order valence-electron chi connectivity index (χ2n) is 5.29. The maximum absolute atomic E-state index is 12.3. The fourth-order valence-electron chi connectivity index (χ4n) is 2.35. The smallest absolute Gasteiger partial charge is 0.270 e. The second-order valence-corrected chi connectivity index (χ2v) is 6.57. The van der Waals surface area contributed by atoms with Crippen LogP contribution in [0.1, 0.15) is 23.3 Å². The monoisotopic (exact) mass is 302 g/mol. The van der Waals surface area contributed by atoms with E-state index in [9.17, 15) is 4.79 Å². The predicted molar refractivity (Wildman–Crippen MR) is 87.4 cm³/mol. The SMILES string of the molecule is CSC1(CNC(=O)c2cc3ccccc3c(NN)n2)CC1. The van der Waals surface area contributed by atoms with E-state index in [1.54, 1.807) is 6.07 Å². The van der Waals surface area contributed by atoms with Crippen LogP contribution in [0, 0.1) is 0 Å². The maximum atomic E-state index is 12.3. The van der Waals surface area contributed by atoms with Crippen LogP contribution in [0.2, 0.25) is 0 Å². The number of nitrogens with two attached hydrogens (primary N) is 1. The van der Waals surface area contributed by atoms with Crippen molar-refractivity contribution in [2.75, 3.05) is 18.2 Å². The van der Waals surface area contributed by atoms with Crippen molar-refractivity contribution in [3.05, 3.63) is 36.0 Å². The Bertz CT molecular complexity index is 684. The first-order valence-electron chi connectivity index (χ1n) is 6.87. The molecule has 1 fully saturated rings. The quantitative estimate of drug-likeness (QED) is 0.582. The van der Waals surface area contributed by atoms with Gasteiger partial charge in [-0.25, -0.2) is 10.8 Å². The van der Waals surface area contributed by atoms with Crippen molar-refractivity contribution < 1.29 is 4.79 Å². The minimum Gasteiger partial charge on any atom is -0.349 e. The Kier molecular flexibility index (Phi) is 3.73. The molecule has 1 aromatic heterocycles. The lowest BCUT2D eigenvalue weighted by molar-refractivity contribution is 0.0948. The number of hydrogen-bond acceptors (Lipinski definition) is 5. The van der Waals surface area contributed by atoms with Gasteiger partial charge in [-0.15, -0.1) is 0 Å². The summed E-state index contributed by atoms with van der Waals surface area (Å²) >= 11 is 1.82. The summed E-state index contributed by atoms with van der Waals surface area (Å²) in [5.74, 6) is 5.87. The van der Waals surface area contributed by atoms with Gasteiger partial charge in [-0.2, -0.15) is 11.8 Å². The molecule has 1 aliphatic carbocycles. The third-order valence-electron chi connectivity index (χ3n) is 3.92. The van der Waals surface area contributed by atoms with Crippen LogP contribution >= 0.6 is 11.8 Å². The first kappa shape index (κ1) is 14.2. The Morgan fingerprint density at radius 1 is 1.43 bits per heavy atom. The lowest BCUT2D eigenvalue weighted by Gasteiger charge is -2.13. The minimum atomic E-state index is -0.155. The number of nitrogens with one attached hydrogen (secondary N) is 2. The molecule has 5 nitrogen and oxygen atoms in total. The summed E-state index contributed by atoms with van der Waals surface area (Å²) in [7, 11) is 0. The van der Waals surface area contributed by atoms with E-state index in [-0.39, 0.29) is 10.7 Å². The minimum absolute atomic E-state index is 0.155. The van der Waals surface area contributed by atoms with E-state index < -0.39 is 0 Å². The highest BCUT2D eigenvalue weighted by molar-refractivity contribution is 8.00. The zero-order chi connectivity index (χ0) is 14.9. The number of amides is 1. The molecule has 1 heterocycles. The van der Waals surface area contributed by atoms with Gasteiger partial charge in [-0.1, -0.05) is 24.3 Å². The summed E-state index contributed by atoms with van der Waals surface area (Å²) in [4.78, 5) is 16.6. The van der Waals surface area contributed by atoms with Gasteiger partial charge in [0.1, 0.15) is 11.5 Å². The molecule has 1 aliphatic rings. The molecule has 0 radical (unpaired) electrons. The Hall–Kier alpha value is -1.79. The van der Waals surface area contributed by atoms with Crippen molar-refractivity contribution in [3.8, 4) is 0 Å². The van der Waals surface area contributed by atoms with Crippen LogP contribution in [0.4, 0.5) is 5.82 Å². The molecule has 0 bridgehead atoms. The van der Waals surface area contributed by atoms with Gasteiger partial charge in [0, 0.05) is 16.7 Å². The van der Waals surface area contributed by atoms with Crippen LogP contribution in [0.5, 0.6) is 0 Å². The molecule has 6 heteroatoms. The van der Waals surface area contributed by atoms with E-state index in [0.717, 1.165) is 23.6 Å². The molecule has 110 valence electrons. The van der Waals surface area contributed by atoms with Gasteiger partial charge in [0.25, 0.3) is 5.91 Å². The molecule has 4 N–H and O–H groups in total. The average molecular weight is 302 g/mol. The Morgan fingerprint density at radius 3 is 2.86 bits per heavy atom. The molecule has 1 aromatic carbocycles. The summed E-state index contributed by atoms with van der Waals surface area (Å²) in [6, 6.07) is 9.51. The zero-order valence-electron chi connectivity index (χ0n) is 11.8. The lowest BCUT2D eigenvalue weighted by atomic mass is 10.1. The van der Waals surface area contributed by atoms with Crippen molar-refractivity contribution in [2.24, 2.45) is 5.84 Å². The van der Waals surface area contributed by atoms with Gasteiger partial charge in [-0.3, -0.25) is 4.79 Å². The number of rotatable bonds is 5. The van der Waals surface area contributed by atoms with Crippen LogP contribution in [0.25, 0.3) is 10.8 Å². The molecule has 1 saturated carbocycles. The van der Waals surface area contributed by atoms with Crippen LogP contribution in [-0.4, -0.2) is 28.4 Å². The molecule has 1 amide bonds. The number of aromatic nitrogens is 1. The van der Waals surface area contributed by atoms with Gasteiger partial charge in [0.2, 0.25) is 0 Å². The predicted octanol–water partition coefficient (Wildman–Crippen LogP) is 2.15. The van der Waals surface area contributed by atoms with Gasteiger partial charge in [0.15, 0.2) is 0 Å². The van der Waals surface area contributed by atoms with Gasteiger partial charge < -0.3 is 10.7 Å². The summed E-state index contributed by atoms with van der Waals surface area (Å²) < 4.78 is 0.238. The summed E-state index contributed by atoms with van der Waals surface area (Å²) in [6.07, 6.45) is 4.41. The number of benzene rings is 1. The highest BCUT2D eigenvalue weighted by Gasteiger charge is 2.42. The van der Waals surface area contributed by atoms with Crippen molar-refractivity contribution >= 4 is 34.3 Å². The van der Waals surface area contributed by atoms with Crippen molar-refractivity contribution in [1.29, 1.82) is 0 Å². The number of hydrazine groups is 1. The number of nitrogens with zero attached hydrogens (tertiary/aromatic N) is 1. The maximum Gasteiger partial charge on any atom is 0.270 e. The number of nitrogen functional groups attached to an aromatic ring is 1. The van der Waals surface area contributed by atoms with Crippen molar-refractivity contribution in [2.45, 2.75) is 17.6 Å². The molecule has 0 atom stereocenters. The molecule has 2 aromatic rings. The standard InChI is InChI=1S/C15H18N4OS/c1-21-15(6-7-15)9-17-14(20)12-8-10-4-2-3-5-11(10)13(18-12)19-16/h2-5,8H,6-7,9,16H2,1H3,(H,17,20)(H,18,19). The van der Waals surface area contributed by atoms with E-state index in [1.165, 1.54) is 0 Å².